The predicted octanol–water partition coefficient (Wildman–Crippen LogP) is 10.6. The SMILES string of the molecule is CC(C)(C)c1cccc(OP(Oc2ccccc2)Oc2cccc(C(C)(C)C)c2C(C)(C)C)c1C(C)(C)C. The molecule has 0 aliphatic rings. The summed E-state index contributed by atoms with van der Waals surface area (Å²) >= 11 is 0. The van der Waals surface area contributed by atoms with Crippen molar-refractivity contribution in [2.24, 2.45) is 0 Å². The minimum absolute atomic E-state index is 0.0354. The fourth-order valence-corrected chi connectivity index (χ4v) is 5.83. The summed E-state index contributed by atoms with van der Waals surface area (Å²) in [7, 11) is -1.81. The standard InChI is InChI=1S/C34H47O3P/c1-31(2,3)25-20-16-22-27(29(25)33(7,8)9)36-38(35-24-18-14-13-15-19-24)37-28-23-17-21-26(32(4,5)6)30(28)34(10,11)12/h13-23H,1-12H3. The lowest BCUT2D eigenvalue weighted by Gasteiger charge is -2.33. The molecule has 0 N–H and O–H groups in total. The molecule has 3 rings (SSSR count). The van der Waals surface area contributed by atoms with E-state index < -0.39 is 8.60 Å². The Morgan fingerprint density at radius 1 is 0.421 bits per heavy atom. The van der Waals surface area contributed by atoms with Crippen molar-refractivity contribution < 1.29 is 13.6 Å². The summed E-state index contributed by atoms with van der Waals surface area (Å²) in [6.45, 7) is 26.9. The topological polar surface area (TPSA) is 27.7 Å². The summed E-state index contributed by atoms with van der Waals surface area (Å²) in [5, 5.41) is 0. The van der Waals surface area contributed by atoms with Crippen LogP contribution in [-0.2, 0) is 21.7 Å². The van der Waals surface area contributed by atoms with E-state index in [0.29, 0.717) is 5.75 Å². The molecule has 0 saturated heterocycles. The van der Waals surface area contributed by atoms with Crippen molar-refractivity contribution in [3.8, 4) is 17.2 Å². The fourth-order valence-electron chi connectivity index (χ4n) is 4.80. The number of hydrogen-bond donors (Lipinski definition) is 0. The van der Waals surface area contributed by atoms with Gasteiger partial charge in [-0.3, -0.25) is 0 Å². The van der Waals surface area contributed by atoms with Gasteiger partial charge in [0.2, 0.25) is 0 Å². The quantitative estimate of drug-likeness (QED) is 0.294. The van der Waals surface area contributed by atoms with Crippen LogP contribution in [0.3, 0.4) is 0 Å². The molecule has 38 heavy (non-hydrogen) atoms. The van der Waals surface area contributed by atoms with Crippen molar-refractivity contribution in [2.75, 3.05) is 0 Å². The average Bonchev–Trinajstić information content (AvgIpc) is 2.77. The van der Waals surface area contributed by atoms with Gasteiger partial charge in [0.25, 0.3) is 0 Å². The molecule has 206 valence electrons. The van der Waals surface area contributed by atoms with Crippen LogP contribution in [0.15, 0.2) is 66.7 Å². The molecule has 0 atom stereocenters. The number of benzene rings is 3. The predicted molar refractivity (Wildman–Crippen MR) is 163 cm³/mol. The van der Waals surface area contributed by atoms with Gasteiger partial charge in [0, 0.05) is 11.1 Å². The molecule has 0 bridgehead atoms. The van der Waals surface area contributed by atoms with Gasteiger partial charge in [-0.05, 0) is 57.1 Å². The molecule has 0 aliphatic carbocycles. The molecule has 0 fully saturated rings. The lowest BCUT2D eigenvalue weighted by atomic mass is 9.75. The largest absolute Gasteiger partial charge is 0.530 e. The Labute approximate surface area is 232 Å². The van der Waals surface area contributed by atoms with Gasteiger partial charge in [0.1, 0.15) is 17.2 Å². The Hall–Kier alpha value is -2.51. The Morgan fingerprint density at radius 2 is 0.816 bits per heavy atom. The van der Waals surface area contributed by atoms with Crippen molar-refractivity contribution in [1.82, 2.24) is 0 Å². The van der Waals surface area contributed by atoms with Crippen LogP contribution < -0.4 is 13.6 Å². The third kappa shape index (κ3) is 7.32. The highest BCUT2D eigenvalue weighted by molar-refractivity contribution is 7.43. The van der Waals surface area contributed by atoms with E-state index in [1.807, 2.05) is 42.5 Å². The summed E-state index contributed by atoms with van der Waals surface area (Å²) in [5.41, 5.74) is 4.56. The van der Waals surface area contributed by atoms with Gasteiger partial charge >= 0.3 is 8.60 Å². The summed E-state index contributed by atoms with van der Waals surface area (Å²) in [6.07, 6.45) is 0. The highest BCUT2D eigenvalue weighted by atomic mass is 31.2. The fraction of sp³-hybridized carbons (Fsp3) is 0.471. The Morgan fingerprint density at radius 3 is 1.16 bits per heavy atom. The van der Waals surface area contributed by atoms with E-state index in [4.69, 9.17) is 13.6 Å². The molecule has 0 aliphatic heterocycles. The highest BCUT2D eigenvalue weighted by Gasteiger charge is 2.34. The molecule has 4 heteroatoms. The average molecular weight is 535 g/mol. The second-order valence-corrected chi connectivity index (χ2v) is 15.2. The minimum Gasteiger partial charge on any atom is -0.409 e. The van der Waals surface area contributed by atoms with Crippen LogP contribution in [-0.4, -0.2) is 0 Å². The van der Waals surface area contributed by atoms with Crippen molar-refractivity contribution in [2.45, 2.75) is 105 Å². The molecule has 0 aromatic heterocycles. The van der Waals surface area contributed by atoms with E-state index >= 15 is 0 Å². The monoisotopic (exact) mass is 534 g/mol. The van der Waals surface area contributed by atoms with Gasteiger partial charge in [-0.2, -0.15) is 0 Å². The molecule has 0 amide bonds. The van der Waals surface area contributed by atoms with E-state index in [-0.39, 0.29) is 21.7 Å². The number of para-hydroxylation sites is 1. The van der Waals surface area contributed by atoms with Gasteiger partial charge in [-0.25, -0.2) is 0 Å². The molecular formula is C34H47O3P. The molecule has 3 aromatic rings. The van der Waals surface area contributed by atoms with Crippen LogP contribution >= 0.6 is 8.60 Å². The maximum Gasteiger partial charge on any atom is 0.530 e. The molecule has 0 saturated carbocycles. The molecule has 0 spiro atoms. The van der Waals surface area contributed by atoms with Gasteiger partial charge in [0.05, 0.1) is 0 Å². The number of hydrogen-bond acceptors (Lipinski definition) is 3. The second-order valence-electron chi connectivity index (χ2n) is 14.2. The van der Waals surface area contributed by atoms with Crippen molar-refractivity contribution in [3.63, 3.8) is 0 Å². The first-order valence-electron chi connectivity index (χ1n) is 13.6. The second kappa shape index (κ2) is 10.9. The third-order valence-corrected chi connectivity index (χ3v) is 7.49. The van der Waals surface area contributed by atoms with Crippen LogP contribution in [0, 0.1) is 0 Å². The summed E-state index contributed by atoms with van der Waals surface area (Å²) < 4.78 is 19.9. The first-order chi connectivity index (χ1) is 17.4. The first kappa shape index (κ1) is 30.0. The molecule has 0 unspecified atom stereocenters. The smallest absolute Gasteiger partial charge is 0.409 e. The maximum absolute atomic E-state index is 6.73. The van der Waals surface area contributed by atoms with Crippen LogP contribution in [0.4, 0.5) is 0 Å². The Balaban J connectivity index is 2.15. The lowest BCUT2D eigenvalue weighted by Crippen LogP contribution is -2.24. The molecule has 0 heterocycles. The van der Waals surface area contributed by atoms with E-state index in [2.05, 4.69) is 107 Å². The zero-order valence-electron chi connectivity index (χ0n) is 25.5. The molecular weight excluding hydrogens is 487 g/mol. The zero-order chi connectivity index (χ0) is 28.5. The Bertz CT molecular complexity index is 1140. The van der Waals surface area contributed by atoms with E-state index in [0.717, 1.165) is 11.5 Å². The van der Waals surface area contributed by atoms with Crippen molar-refractivity contribution in [1.29, 1.82) is 0 Å². The van der Waals surface area contributed by atoms with Gasteiger partial charge in [-0.1, -0.05) is 126 Å². The van der Waals surface area contributed by atoms with E-state index in [9.17, 15) is 0 Å². The highest BCUT2D eigenvalue weighted by Crippen LogP contribution is 2.50. The van der Waals surface area contributed by atoms with Crippen LogP contribution in [0.1, 0.15) is 105 Å². The van der Waals surface area contributed by atoms with Gasteiger partial charge < -0.3 is 13.6 Å². The van der Waals surface area contributed by atoms with Gasteiger partial charge in [-0.15, -0.1) is 0 Å². The maximum atomic E-state index is 6.73. The summed E-state index contributed by atoms with van der Waals surface area (Å²) in [4.78, 5) is 0. The molecule has 3 aromatic carbocycles. The normalized spacial score (nSPS) is 13.0. The summed E-state index contributed by atoms with van der Waals surface area (Å²) in [6, 6.07) is 22.4. The molecule has 3 nitrogen and oxygen atoms in total. The lowest BCUT2D eigenvalue weighted by molar-refractivity contribution is 0.373. The first-order valence-corrected chi connectivity index (χ1v) is 14.7. The van der Waals surface area contributed by atoms with Crippen molar-refractivity contribution in [3.05, 3.63) is 89.0 Å². The van der Waals surface area contributed by atoms with E-state index in [1.165, 1.54) is 22.3 Å². The number of rotatable bonds is 6. The zero-order valence-corrected chi connectivity index (χ0v) is 26.4. The van der Waals surface area contributed by atoms with Crippen LogP contribution in [0.25, 0.3) is 0 Å². The minimum atomic E-state index is -1.81. The van der Waals surface area contributed by atoms with Gasteiger partial charge in [0.15, 0.2) is 0 Å². The summed E-state index contributed by atoms with van der Waals surface area (Å²) in [5.74, 6) is 2.32. The van der Waals surface area contributed by atoms with E-state index in [1.54, 1.807) is 0 Å². The third-order valence-electron chi connectivity index (χ3n) is 6.44. The van der Waals surface area contributed by atoms with Crippen molar-refractivity contribution >= 4 is 8.60 Å². The Kier molecular flexibility index (Phi) is 8.64. The van der Waals surface area contributed by atoms with Crippen LogP contribution in [0.2, 0.25) is 0 Å². The molecule has 0 radical (unpaired) electrons. The van der Waals surface area contributed by atoms with Crippen LogP contribution in [0.5, 0.6) is 17.2 Å².